The minimum Gasteiger partial charge on any atom is -0.349 e. The molecule has 2 unspecified atom stereocenters. The van der Waals surface area contributed by atoms with E-state index in [1.165, 1.54) is 5.56 Å². The summed E-state index contributed by atoms with van der Waals surface area (Å²) in [6.45, 7) is 10.9. The van der Waals surface area contributed by atoms with Gasteiger partial charge in [-0.15, -0.1) is 0 Å². The van der Waals surface area contributed by atoms with Crippen LogP contribution in [0.4, 0.5) is 0 Å². The molecular formula is C18H30N2O. The van der Waals surface area contributed by atoms with Gasteiger partial charge >= 0.3 is 0 Å². The van der Waals surface area contributed by atoms with Gasteiger partial charge < -0.3 is 11.1 Å². The Balaban J connectivity index is 2.89. The maximum atomic E-state index is 12.4. The summed E-state index contributed by atoms with van der Waals surface area (Å²) in [6, 6.07) is 8.56. The van der Waals surface area contributed by atoms with Crippen molar-refractivity contribution in [3.8, 4) is 0 Å². The van der Waals surface area contributed by atoms with Crippen LogP contribution in [0.15, 0.2) is 24.3 Å². The zero-order chi connectivity index (χ0) is 16.0. The van der Waals surface area contributed by atoms with Crippen LogP contribution < -0.4 is 11.1 Å². The largest absolute Gasteiger partial charge is 0.349 e. The van der Waals surface area contributed by atoms with Crippen LogP contribution in [0.25, 0.3) is 0 Å². The maximum absolute atomic E-state index is 12.4. The van der Waals surface area contributed by atoms with E-state index < -0.39 is 0 Å². The first-order valence-electron chi connectivity index (χ1n) is 7.99. The Hall–Kier alpha value is -1.35. The van der Waals surface area contributed by atoms with Gasteiger partial charge in [-0.3, -0.25) is 4.79 Å². The Morgan fingerprint density at radius 1 is 1.10 bits per heavy atom. The van der Waals surface area contributed by atoms with E-state index in [4.69, 9.17) is 5.73 Å². The lowest BCUT2D eigenvalue weighted by atomic mass is 9.91. The molecule has 0 fully saturated rings. The van der Waals surface area contributed by atoms with Crippen molar-refractivity contribution in [2.75, 3.05) is 6.54 Å². The average Bonchev–Trinajstić information content (AvgIpc) is 2.45. The molecule has 1 amide bonds. The molecule has 0 aliphatic carbocycles. The Morgan fingerprint density at radius 2 is 1.67 bits per heavy atom. The van der Waals surface area contributed by atoms with Crippen molar-refractivity contribution in [3.63, 3.8) is 0 Å². The standard InChI is InChI=1S/C18H30N2O/c1-6-14-7-9-15(10-8-14)17(13(4)5)20-18(21)16(11-19)12(2)3/h7-10,12-13,16-17H,6,11,19H2,1-5H3,(H,20,21). The van der Waals surface area contributed by atoms with E-state index in [0.29, 0.717) is 12.5 Å². The summed E-state index contributed by atoms with van der Waals surface area (Å²) in [6.07, 6.45) is 1.03. The molecule has 0 aromatic heterocycles. The smallest absolute Gasteiger partial charge is 0.225 e. The molecule has 118 valence electrons. The molecule has 3 nitrogen and oxygen atoms in total. The highest BCUT2D eigenvalue weighted by Gasteiger charge is 2.25. The second-order valence-corrected chi connectivity index (χ2v) is 6.41. The van der Waals surface area contributed by atoms with Crippen molar-refractivity contribution in [2.45, 2.75) is 47.1 Å². The summed E-state index contributed by atoms with van der Waals surface area (Å²) in [4.78, 5) is 12.4. The summed E-state index contributed by atoms with van der Waals surface area (Å²) >= 11 is 0. The third kappa shape index (κ3) is 4.85. The number of carbonyl (C=O) groups excluding carboxylic acids is 1. The molecule has 0 saturated heterocycles. The van der Waals surface area contributed by atoms with Gasteiger partial charge in [0.15, 0.2) is 0 Å². The van der Waals surface area contributed by atoms with E-state index in [0.717, 1.165) is 12.0 Å². The zero-order valence-corrected chi connectivity index (χ0v) is 14.0. The summed E-state index contributed by atoms with van der Waals surface area (Å²) < 4.78 is 0. The second kappa shape index (κ2) is 8.18. The van der Waals surface area contributed by atoms with E-state index in [9.17, 15) is 4.79 Å². The Labute approximate surface area is 129 Å². The topological polar surface area (TPSA) is 55.1 Å². The Kier molecular flexibility index (Phi) is 6.90. The molecule has 0 spiro atoms. The maximum Gasteiger partial charge on any atom is 0.225 e. The minimum absolute atomic E-state index is 0.0382. The summed E-state index contributed by atoms with van der Waals surface area (Å²) in [5.41, 5.74) is 8.22. The zero-order valence-electron chi connectivity index (χ0n) is 14.0. The lowest BCUT2D eigenvalue weighted by Gasteiger charge is -2.27. The number of rotatable bonds is 7. The molecule has 21 heavy (non-hydrogen) atoms. The number of carbonyl (C=O) groups is 1. The predicted octanol–water partition coefficient (Wildman–Crippen LogP) is 3.29. The Bertz CT molecular complexity index is 437. The van der Waals surface area contributed by atoms with Crippen molar-refractivity contribution in [1.29, 1.82) is 0 Å². The second-order valence-electron chi connectivity index (χ2n) is 6.41. The van der Waals surface area contributed by atoms with E-state index in [2.05, 4.69) is 50.4 Å². The van der Waals surface area contributed by atoms with Crippen LogP contribution in [0.1, 0.15) is 51.8 Å². The van der Waals surface area contributed by atoms with Gasteiger partial charge in [-0.2, -0.15) is 0 Å². The van der Waals surface area contributed by atoms with Crippen LogP contribution in [0.3, 0.4) is 0 Å². The van der Waals surface area contributed by atoms with Gasteiger partial charge in [0.25, 0.3) is 0 Å². The van der Waals surface area contributed by atoms with Gasteiger partial charge in [-0.1, -0.05) is 58.9 Å². The fourth-order valence-electron chi connectivity index (χ4n) is 2.54. The van der Waals surface area contributed by atoms with Crippen LogP contribution >= 0.6 is 0 Å². The molecule has 2 atom stereocenters. The molecule has 1 aromatic carbocycles. The SMILES string of the molecule is CCc1ccc(C(NC(=O)C(CN)C(C)C)C(C)C)cc1. The summed E-state index contributed by atoms with van der Waals surface area (Å²) in [7, 11) is 0. The first kappa shape index (κ1) is 17.7. The van der Waals surface area contributed by atoms with E-state index >= 15 is 0 Å². The van der Waals surface area contributed by atoms with Crippen molar-refractivity contribution < 1.29 is 4.79 Å². The predicted molar refractivity (Wildman–Crippen MR) is 88.9 cm³/mol. The quantitative estimate of drug-likeness (QED) is 0.809. The number of amides is 1. The summed E-state index contributed by atoms with van der Waals surface area (Å²) in [5.74, 6) is 0.532. The fourth-order valence-corrected chi connectivity index (χ4v) is 2.54. The third-order valence-electron chi connectivity index (χ3n) is 4.11. The highest BCUT2D eigenvalue weighted by atomic mass is 16.2. The van der Waals surface area contributed by atoms with Crippen LogP contribution in [-0.4, -0.2) is 12.5 Å². The first-order valence-corrected chi connectivity index (χ1v) is 7.99. The molecule has 0 aliphatic rings. The number of nitrogens with one attached hydrogen (secondary N) is 1. The number of hydrogen-bond acceptors (Lipinski definition) is 2. The van der Waals surface area contributed by atoms with Crippen LogP contribution in [0.2, 0.25) is 0 Å². The lowest BCUT2D eigenvalue weighted by molar-refractivity contribution is -0.127. The van der Waals surface area contributed by atoms with Gasteiger partial charge in [-0.05, 0) is 29.4 Å². The van der Waals surface area contributed by atoms with Gasteiger partial charge in [-0.25, -0.2) is 0 Å². The molecule has 3 N–H and O–H groups in total. The molecule has 3 heteroatoms. The van der Waals surface area contributed by atoms with E-state index in [1.54, 1.807) is 0 Å². The van der Waals surface area contributed by atoms with E-state index in [-0.39, 0.29) is 23.8 Å². The molecular weight excluding hydrogens is 260 g/mol. The molecule has 0 bridgehead atoms. The first-order chi connectivity index (χ1) is 9.90. The third-order valence-corrected chi connectivity index (χ3v) is 4.11. The monoisotopic (exact) mass is 290 g/mol. The number of nitrogens with two attached hydrogens (primary N) is 1. The molecule has 0 heterocycles. The van der Waals surface area contributed by atoms with Crippen molar-refractivity contribution >= 4 is 5.91 Å². The van der Waals surface area contributed by atoms with Gasteiger partial charge in [0.1, 0.15) is 0 Å². The van der Waals surface area contributed by atoms with E-state index in [1.807, 2.05) is 13.8 Å². The minimum atomic E-state index is -0.124. The number of hydrogen-bond donors (Lipinski definition) is 2. The Morgan fingerprint density at radius 3 is 2.05 bits per heavy atom. The highest BCUT2D eigenvalue weighted by Crippen LogP contribution is 2.23. The van der Waals surface area contributed by atoms with Crippen molar-refractivity contribution in [2.24, 2.45) is 23.5 Å². The van der Waals surface area contributed by atoms with Crippen molar-refractivity contribution in [1.82, 2.24) is 5.32 Å². The molecule has 0 aliphatic heterocycles. The van der Waals surface area contributed by atoms with Crippen LogP contribution in [0.5, 0.6) is 0 Å². The fraction of sp³-hybridized carbons (Fsp3) is 0.611. The van der Waals surface area contributed by atoms with Gasteiger partial charge in [0.2, 0.25) is 5.91 Å². The van der Waals surface area contributed by atoms with Crippen molar-refractivity contribution in [3.05, 3.63) is 35.4 Å². The number of aryl methyl sites for hydroxylation is 1. The average molecular weight is 290 g/mol. The van der Waals surface area contributed by atoms with Gasteiger partial charge in [0.05, 0.1) is 12.0 Å². The molecule has 0 saturated carbocycles. The van der Waals surface area contributed by atoms with Crippen LogP contribution in [-0.2, 0) is 11.2 Å². The normalized spacial score (nSPS) is 14.3. The molecule has 1 rings (SSSR count). The summed E-state index contributed by atoms with van der Waals surface area (Å²) in [5, 5.41) is 3.18. The van der Waals surface area contributed by atoms with Crippen LogP contribution in [0, 0.1) is 17.8 Å². The molecule has 0 radical (unpaired) electrons. The lowest BCUT2D eigenvalue weighted by Crippen LogP contribution is -2.41. The molecule has 1 aromatic rings. The number of benzene rings is 1. The van der Waals surface area contributed by atoms with Gasteiger partial charge in [0, 0.05) is 6.54 Å². The highest BCUT2D eigenvalue weighted by molar-refractivity contribution is 5.79.